The molecule has 0 saturated carbocycles. The Morgan fingerprint density at radius 3 is 2.79 bits per heavy atom. The van der Waals surface area contributed by atoms with Crippen molar-refractivity contribution in [1.29, 1.82) is 0 Å². The second kappa shape index (κ2) is 8.67. The van der Waals surface area contributed by atoms with E-state index in [1.54, 1.807) is 11.1 Å². The first-order valence-corrected chi connectivity index (χ1v) is 11.1. The lowest BCUT2D eigenvalue weighted by molar-refractivity contribution is -0.0256. The topological polar surface area (TPSA) is 80.5 Å². The third kappa shape index (κ3) is 4.19. The Bertz CT molecular complexity index is 1330. The number of carbonyl (C=O) groups is 1. The molecule has 0 bridgehead atoms. The molecular formula is C26H26N4O3. The van der Waals surface area contributed by atoms with Crippen LogP contribution in [-0.4, -0.2) is 40.5 Å². The lowest BCUT2D eigenvalue weighted by Gasteiger charge is -2.32. The normalized spacial score (nSPS) is 16.2. The number of morpholine rings is 1. The van der Waals surface area contributed by atoms with Crippen molar-refractivity contribution >= 4 is 28.4 Å². The molecule has 1 saturated heterocycles. The number of aryl methyl sites for hydroxylation is 3. The number of amides is 1. The van der Waals surface area contributed by atoms with Crippen LogP contribution in [0.3, 0.4) is 0 Å². The Kier molecular flexibility index (Phi) is 5.56. The number of anilines is 2. The van der Waals surface area contributed by atoms with Crippen LogP contribution in [0.25, 0.3) is 11.0 Å². The van der Waals surface area contributed by atoms with Gasteiger partial charge in [-0.2, -0.15) is 0 Å². The summed E-state index contributed by atoms with van der Waals surface area (Å²) in [5.74, 6) is 1.07. The third-order valence-electron chi connectivity index (χ3n) is 5.97. The van der Waals surface area contributed by atoms with Gasteiger partial charge >= 0.3 is 0 Å². The highest BCUT2D eigenvalue weighted by Gasteiger charge is 2.30. The van der Waals surface area contributed by atoms with Gasteiger partial charge in [0.15, 0.2) is 5.76 Å². The number of hydrogen-bond acceptors (Lipinski definition) is 6. The molecule has 4 aromatic rings. The maximum Gasteiger partial charge on any atom is 0.290 e. The van der Waals surface area contributed by atoms with Crippen LogP contribution in [-0.2, 0) is 4.74 Å². The number of rotatable bonds is 4. The molecule has 1 amide bonds. The Morgan fingerprint density at radius 2 is 1.97 bits per heavy atom. The summed E-state index contributed by atoms with van der Waals surface area (Å²) in [5.41, 5.74) is 5.18. The van der Waals surface area contributed by atoms with Crippen LogP contribution in [0.1, 0.15) is 39.2 Å². The summed E-state index contributed by atoms with van der Waals surface area (Å²) in [6.07, 6.45) is 1.44. The highest BCUT2D eigenvalue weighted by Crippen LogP contribution is 2.29. The number of para-hydroxylation sites is 1. The monoisotopic (exact) mass is 442 g/mol. The van der Waals surface area contributed by atoms with Gasteiger partial charge in [-0.05, 0) is 50.6 Å². The van der Waals surface area contributed by atoms with Crippen molar-refractivity contribution in [2.24, 2.45) is 0 Å². The SMILES string of the molecule is Cc1cc(Nc2ncccc2C)cc(C2CN(C(=O)c3oc4ccccc4c3C)CCO2)n1. The summed E-state index contributed by atoms with van der Waals surface area (Å²) in [7, 11) is 0. The van der Waals surface area contributed by atoms with Crippen molar-refractivity contribution in [3.05, 3.63) is 83.0 Å². The third-order valence-corrected chi connectivity index (χ3v) is 5.97. The van der Waals surface area contributed by atoms with E-state index in [1.165, 1.54) is 0 Å². The van der Waals surface area contributed by atoms with E-state index in [4.69, 9.17) is 14.1 Å². The molecule has 7 heteroatoms. The molecule has 0 spiro atoms. The zero-order valence-electron chi connectivity index (χ0n) is 19.0. The fourth-order valence-corrected chi connectivity index (χ4v) is 4.22. The van der Waals surface area contributed by atoms with Gasteiger partial charge in [0.1, 0.15) is 17.5 Å². The highest BCUT2D eigenvalue weighted by atomic mass is 16.5. The number of pyridine rings is 2. The Morgan fingerprint density at radius 1 is 1.12 bits per heavy atom. The molecule has 1 aromatic carbocycles. The van der Waals surface area contributed by atoms with Gasteiger partial charge in [0.05, 0.1) is 18.8 Å². The van der Waals surface area contributed by atoms with E-state index >= 15 is 0 Å². The standard InChI is InChI=1S/C26H26N4O3/c1-16-7-6-10-27-25(16)29-19-13-17(2)28-21(14-19)23-15-30(11-12-32-23)26(31)24-18(3)20-8-4-5-9-22(20)33-24/h4-10,13-14,23H,11-12,15H2,1-3H3,(H,27,28,29). The Hall–Kier alpha value is -3.71. The van der Waals surface area contributed by atoms with Crippen LogP contribution in [0.15, 0.2) is 59.1 Å². The van der Waals surface area contributed by atoms with Crippen molar-refractivity contribution in [2.75, 3.05) is 25.0 Å². The summed E-state index contributed by atoms with van der Waals surface area (Å²) in [5, 5.41) is 4.34. The van der Waals surface area contributed by atoms with E-state index in [0.29, 0.717) is 25.5 Å². The summed E-state index contributed by atoms with van der Waals surface area (Å²) in [6, 6.07) is 15.6. The van der Waals surface area contributed by atoms with Gasteiger partial charge < -0.3 is 19.4 Å². The molecule has 5 rings (SSSR count). The number of aromatic nitrogens is 2. The van der Waals surface area contributed by atoms with Gasteiger partial charge in [-0.15, -0.1) is 0 Å². The molecule has 1 atom stereocenters. The fraction of sp³-hybridized carbons (Fsp3) is 0.269. The van der Waals surface area contributed by atoms with E-state index in [0.717, 1.165) is 45.0 Å². The van der Waals surface area contributed by atoms with Crippen molar-refractivity contribution < 1.29 is 13.9 Å². The van der Waals surface area contributed by atoms with Crippen LogP contribution >= 0.6 is 0 Å². The van der Waals surface area contributed by atoms with Gasteiger partial charge in [0.2, 0.25) is 0 Å². The molecular weight excluding hydrogens is 416 g/mol. The second-order valence-corrected chi connectivity index (χ2v) is 8.38. The minimum Gasteiger partial charge on any atom is -0.451 e. The van der Waals surface area contributed by atoms with Crippen molar-refractivity contribution in [1.82, 2.24) is 14.9 Å². The lowest BCUT2D eigenvalue weighted by Crippen LogP contribution is -2.42. The first-order chi connectivity index (χ1) is 16.0. The smallest absolute Gasteiger partial charge is 0.290 e. The van der Waals surface area contributed by atoms with Crippen molar-refractivity contribution in [2.45, 2.75) is 26.9 Å². The first kappa shape index (κ1) is 21.2. The molecule has 1 fully saturated rings. The maximum absolute atomic E-state index is 13.3. The predicted molar refractivity (Wildman–Crippen MR) is 127 cm³/mol. The van der Waals surface area contributed by atoms with E-state index < -0.39 is 0 Å². The molecule has 4 heterocycles. The van der Waals surface area contributed by atoms with Gasteiger partial charge in [-0.25, -0.2) is 4.98 Å². The van der Waals surface area contributed by atoms with Crippen LogP contribution in [0.4, 0.5) is 11.5 Å². The molecule has 0 aliphatic carbocycles. The van der Waals surface area contributed by atoms with Crippen molar-refractivity contribution in [3.63, 3.8) is 0 Å². The van der Waals surface area contributed by atoms with Crippen LogP contribution < -0.4 is 5.32 Å². The van der Waals surface area contributed by atoms with Gasteiger partial charge in [-0.1, -0.05) is 24.3 Å². The molecule has 3 aromatic heterocycles. The minimum atomic E-state index is -0.322. The highest BCUT2D eigenvalue weighted by molar-refractivity contribution is 5.99. The Balaban J connectivity index is 1.38. The quantitative estimate of drug-likeness (QED) is 0.473. The van der Waals surface area contributed by atoms with E-state index in [-0.39, 0.29) is 12.0 Å². The van der Waals surface area contributed by atoms with Gasteiger partial charge in [-0.3, -0.25) is 9.78 Å². The summed E-state index contributed by atoms with van der Waals surface area (Å²) >= 11 is 0. The van der Waals surface area contributed by atoms with E-state index in [9.17, 15) is 4.79 Å². The van der Waals surface area contributed by atoms with Crippen LogP contribution in [0, 0.1) is 20.8 Å². The molecule has 1 aliphatic heterocycles. The van der Waals surface area contributed by atoms with Crippen LogP contribution in [0.5, 0.6) is 0 Å². The largest absolute Gasteiger partial charge is 0.451 e. The summed E-state index contributed by atoms with van der Waals surface area (Å²) in [6.45, 7) is 7.25. The molecule has 168 valence electrons. The predicted octanol–water partition coefficient (Wildman–Crippen LogP) is 5.11. The zero-order chi connectivity index (χ0) is 22.9. The number of hydrogen-bond donors (Lipinski definition) is 1. The van der Waals surface area contributed by atoms with Gasteiger partial charge in [0, 0.05) is 35.1 Å². The number of benzene rings is 1. The maximum atomic E-state index is 13.3. The van der Waals surface area contributed by atoms with Crippen LogP contribution in [0.2, 0.25) is 0 Å². The van der Waals surface area contributed by atoms with E-state index in [1.807, 2.05) is 69.3 Å². The van der Waals surface area contributed by atoms with Crippen molar-refractivity contribution in [3.8, 4) is 0 Å². The molecule has 1 unspecified atom stereocenters. The number of ether oxygens (including phenoxy) is 1. The summed E-state index contributed by atoms with van der Waals surface area (Å²) in [4.78, 5) is 24.2. The minimum absolute atomic E-state index is 0.118. The number of fused-ring (bicyclic) bond motifs is 1. The molecule has 1 N–H and O–H groups in total. The number of nitrogens with one attached hydrogen (secondary N) is 1. The number of carbonyl (C=O) groups excluding carboxylic acids is 1. The number of nitrogens with zero attached hydrogens (tertiary/aromatic N) is 3. The van der Waals surface area contributed by atoms with E-state index in [2.05, 4.69) is 10.3 Å². The fourth-order valence-electron chi connectivity index (χ4n) is 4.22. The van der Waals surface area contributed by atoms with Gasteiger partial charge in [0.25, 0.3) is 5.91 Å². The molecule has 7 nitrogen and oxygen atoms in total. The summed E-state index contributed by atoms with van der Waals surface area (Å²) < 4.78 is 11.9. The second-order valence-electron chi connectivity index (χ2n) is 8.38. The average molecular weight is 443 g/mol. The molecule has 0 radical (unpaired) electrons. The molecule has 33 heavy (non-hydrogen) atoms. The number of furan rings is 1. The zero-order valence-corrected chi connectivity index (χ0v) is 19.0. The lowest BCUT2D eigenvalue weighted by atomic mass is 10.1. The first-order valence-electron chi connectivity index (χ1n) is 11.1. The molecule has 1 aliphatic rings. The average Bonchev–Trinajstić information content (AvgIpc) is 3.16. The Labute approximate surface area is 192 Å².